The minimum atomic E-state index is -0.0128. The molecule has 10 heavy (non-hydrogen) atoms. The molecule has 0 bridgehead atoms. The number of hydrogen-bond donors (Lipinski definition) is 1. The van der Waals surface area contributed by atoms with E-state index in [1.807, 2.05) is 25.9 Å². The number of nitrogens with one attached hydrogen (secondary N) is 1. The van der Waals surface area contributed by atoms with E-state index in [0.29, 0.717) is 6.42 Å². The van der Waals surface area contributed by atoms with Gasteiger partial charge in [-0.2, -0.15) is 0 Å². The maximum atomic E-state index is 10.7. The zero-order valence-electron chi connectivity index (χ0n) is 6.85. The Kier molecular flexibility index (Phi) is 4.03. The van der Waals surface area contributed by atoms with E-state index in [4.69, 9.17) is 0 Å². The van der Waals surface area contributed by atoms with E-state index >= 15 is 0 Å². The van der Waals surface area contributed by atoms with Gasteiger partial charge in [-0.15, -0.1) is 0 Å². The molecule has 3 heteroatoms. The molecule has 0 spiro atoms. The quantitative estimate of drug-likeness (QED) is 0.574. The summed E-state index contributed by atoms with van der Waals surface area (Å²) >= 11 is 0. The van der Waals surface area contributed by atoms with Gasteiger partial charge in [0.2, 0.25) is 5.91 Å². The van der Waals surface area contributed by atoms with Crippen LogP contribution in [-0.2, 0) is 4.79 Å². The number of rotatable bonds is 3. The van der Waals surface area contributed by atoms with Crippen molar-refractivity contribution in [2.24, 2.45) is 0 Å². The molecule has 1 radical (unpaired) electrons. The number of hydrogen-bond acceptors (Lipinski definition) is 2. The Bertz CT molecular complexity index is 112. The lowest BCUT2D eigenvalue weighted by Gasteiger charge is -2.20. The van der Waals surface area contributed by atoms with E-state index in [2.05, 4.69) is 12.2 Å². The van der Waals surface area contributed by atoms with Gasteiger partial charge in [-0.25, -0.2) is 0 Å². The van der Waals surface area contributed by atoms with Gasteiger partial charge in [0.25, 0.3) is 0 Å². The van der Waals surface area contributed by atoms with Crippen LogP contribution in [0.5, 0.6) is 0 Å². The van der Waals surface area contributed by atoms with Gasteiger partial charge in [-0.1, -0.05) is 0 Å². The fraction of sp³-hybridized carbons (Fsp3) is 0.714. The highest BCUT2D eigenvalue weighted by Gasteiger charge is 2.05. The van der Waals surface area contributed by atoms with Crippen molar-refractivity contribution in [3.8, 4) is 0 Å². The smallest absolute Gasteiger partial charge is 0.221 e. The maximum Gasteiger partial charge on any atom is 0.221 e. The van der Waals surface area contributed by atoms with Crippen LogP contribution < -0.4 is 5.32 Å². The standard InChI is InChI=1S/C7H15N2O/c1-5-7(10)8-6(2)9(3)4/h6H,1,5H2,2-4H3,(H,8,10). The number of nitrogens with zero attached hydrogens (tertiary/aromatic N) is 1. The Balaban J connectivity index is 3.57. The summed E-state index contributed by atoms with van der Waals surface area (Å²) in [6, 6.07) is 0. The van der Waals surface area contributed by atoms with Crippen molar-refractivity contribution in [2.45, 2.75) is 19.5 Å². The summed E-state index contributed by atoms with van der Waals surface area (Å²) in [5.41, 5.74) is 0. The Morgan fingerprint density at radius 3 is 2.50 bits per heavy atom. The lowest BCUT2D eigenvalue weighted by atomic mass is 10.4. The molecule has 0 saturated heterocycles. The molecule has 0 fully saturated rings. The highest BCUT2D eigenvalue weighted by atomic mass is 16.1. The Morgan fingerprint density at radius 2 is 2.20 bits per heavy atom. The molecule has 1 amide bonds. The third-order valence-electron chi connectivity index (χ3n) is 1.37. The van der Waals surface area contributed by atoms with Gasteiger partial charge in [0.15, 0.2) is 0 Å². The van der Waals surface area contributed by atoms with Crippen molar-refractivity contribution in [1.82, 2.24) is 10.2 Å². The molecule has 1 atom stereocenters. The third-order valence-corrected chi connectivity index (χ3v) is 1.37. The summed E-state index contributed by atoms with van der Waals surface area (Å²) in [5.74, 6) is -0.0128. The molecule has 1 unspecified atom stereocenters. The molecule has 1 N–H and O–H groups in total. The summed E-state index contributed by atoms with van der Waals surface area (Å²) in [6.45, 7) is 5.39. The normalized spacial score (nSPS) is 13.3. The van der Waals surface area contributed by atoms with Crippen LogP contribution in [0.2, 0.25) is 0 Å². The summed E-state index contributed by atoms with van der Waals surface area (Å²) < 4.78 is 0. The van der Waals surface area contributed by atoms with E-state index in [-0.39, 0.29) is 12.1 Å². The van der Waals surface area contributed by atoms with Crippen molar-refractivity contribution in [3.63, 3.8) is 0 Å². The molecular weight excluding hydrogens is 128 g/mol. The van der Waals surface area contributed by atoms with Crippen molar-refractivity contribution < 1.29 is 4.79 Å². The van der Waals surface area contributed by atoms with Crippen molar-refractivity contribution in [1.29, 1.82) is 0 Å². The molecule has 0 saturated carbocycles. The largest absolute Gasteiger partial charge is 0.341 e. The molecule has 0 aromatic carbocycles. The average Bonchev–Trinajstić information content (AvgIpc) is 1.87. The van der Waals surface area contributed by atoms with Crippen LogP contribution in [0.4, 0.5) is 0 Å². The van der Waals surface area contributed by atoms with Gasteiger partial charge in [0.05, 0.1) is 6.17 Å². The van der Waals surface area contributed by atoms with Crippen LogP contribution in [0.1, 0.15) is 13.3 Å². The molecular formula is C7H15N2O. The van der Waals surface area contributed by atoms with E-state index in [1.165, 1.54) is 0 Å². The Labute approximate surface area is 62.4 Å². The molecule has 0 heterocycles. The highest BCUT2D eigenvalue weighted by Crippen LogP contribution is 1.86. The van der Waals surface area contributed by atoms with Gasteiger partial charge in [-0.05, 0) is 27.9 Å². The van der Waals surface area contributed by atoms with E-state index < -0.39 is 0 Å². The molecule has 59 valence electrons. The van der Waals surface area contributed by atoms with Crippen LogP contribution in [0.25, 0.3) is 0 Å². The van der Waals surface area contributed by atoms with Crippen LogP contribution >= 0.6 is 0 Å². The van der Waals surface area contributed by atoms with Crippen LogP contribution in [0.15, 0.2) is 0 Å². The minimum absolute atomic E-state index is 0.0128. The maximum absolute atomic E-state index is 10.7. The van der Waals surface area contributed by atoms with Gasteiger partial charge in [-0.3, -0.25) is 9.69 Å². The molecule has 0 aliphatic heterocycles. The van der Waals surface area contributed by atoms with Crippen LogP contribution in [0.3, 0.4) is 0 Å². The fourth-order valence-electron chi connectivity index (χ4n) is 0.434. The fourth-order valence-corrected chi connectivity index (χ4v) is 0.434. The van der Waals surface area contributed by atoms with Crippen molar-refractivity contribution in [2.75, 3.05) is 14.1 Å². The predicted octanol–water partition coefficient (Wildman–Crippen LogP) is 0.234. The van der Waals surface area contributed by atoms with Crippen LogP contribution in [-0.4, -0.2) is 31.1 Å². The van der Waals surface area contributed by atoms with Crippen LogP contribution in [0, 0.1) is 6.92 Å². The van der Waals surface area contributed by atoms with Gasteiger partial charge in [0, 0.05) is 6.42 Å². The monoisotopic (exact) mass is 143 g/mol. The molecule has 0 aromatic heterocycles. The van der Waals surface area contributed by atoms with Gasteiger partial charge in [0.1, 0.15) is 0 Å². The van der Waals surface area contributed by atoms with E-state index in [0.717, 1.165) is 0 Å². The summed E-state index contributed by atoms with van der Waals surface area (Å²) in [5, 5.41) is 2.75. The highest BCUT2D eigenvalue weighted by molar-refractivity contribution is 5.76. The zero-order valence-corrected chi connectivity index (χ0v) is 6.85. The number of carbonyl (C=O) groups is 1. The minimum Gasteiger partial charge on any atom is -0.341 e. The van der Waals surface area contributed by atoms with Crippen molar-refractivity contribution in [3.05, 3.63) is 6.92 Å². The summed E-state index contributed by atoms with van der Waals surface area (Å²) in [6.07, 6.45) is 0.396. The molecule has 0 aliphatic carbocycles. The topological polar surface area (TPSA) is 32.3 Å². The lowest BCUT2D eigenvalue weighted by molar-refractivity contribution is -0.121. The molecule has 0 aromatic rings. The third kappa shape index (κ3) is 3.45. The number of carbonyl (C=O) groups excluding carboxylic acids is 1. The second-order valence-electron chi connectivity index (χ2n) is 2.46. The first-order valence-corrected chi connectivity index (χ1v) is 3.33. The first-order chi connectivity index (χ1) is 4.57. The number of amides is 1. The Hall–Kier alpha value is -0.570. The molecule has 0 rings (SSSR count). The average molecular weight is 143 g/mol. The van der Waals surface area contributed by atoms with E-state index in [9.17, 15) is 4.79 Å². The predicted molar refractivity (Wildman–Crippen MR) is 41.3 cm³/mol. The Morgan fingerprint density at radius 1 is 1.70 bits per heavy atom. The second-order valence-corrected chi connectivity index (χ2v) is 2.46. The SMILES string of the molecule is [CH2]CC(=O)NC(C)N(C)C. The lowest BCUT2D eigenvalue weighted by Crippen LogP contribution is -2.41. The summed E-state index contributed by atoms with van der Waals surface area (Å²) in [7, 11) is 3.82. The molecule has 3 nitrogen and oxygen atoms in total. The van der Waals surface area contributed by atoms with Gasteiger partial charge < -0.3 is 5.32 Å². The first kappa shape index (κ1) is 9.43. The van der Waals surface area contributed by atoms with E-state index in [1.54, 1.807) is 0 Å². The summed E-state index contributed by atoms with van der Waals surface area (Å²) in [4.78, 5) is 12.7. The first-order valence-electron chi connectivity index (χ1n) is 3.33. The second kappa shape index (κ2) is 4.28. The van der Waals surface area contributed by atoms with Gasteiger partial charge >= 0.3 is 0 Å². The van der Waals surface area contributed by atoms with Crippen molar-refractivity contribution >= 4 is 5.91 Å². The molecule has 0 aliphatic rings. The zero-order chi connectivity index (χ0) is 8.15.